The molecule has 7 heteroatoms. The van der Waals surface area contributed by atoms with Crippen molar-refractivity contribution in [1.29, 1.82) is 0 Å². The van der Waals surface area contributed by atoms with Crippen molar-refractivity contribution in [3.8, 4) is 5.75 Å². The number of rotatable bonds is 4. The van der Waals surface area contributed by atoms with Crippen molar-refractivity contribution in [3.05, 3.63) is 52.6 Å². The number of methoxy groups -OCH3 is 1. The van der Waals surface area contributed by atoms with E-state index in [1.165, 1.54) is 37.1 Å². The van der Waals surface area contributed by atoms with E-state index in [0.29, 0.717) is 10.7 Å². The molecule has 1 amide bonds. The Morgan fingerprint density at radius 3 is 2.57 bits per heavy atom. The van der Waals surface area contributed by atoms with Gasteiger partial charge in [-0.15, -0.1) is 0 Å². The van der Waals surface area contributed by atoms with Crippen LogP contribution in [-0.4, -0.2) is 13.0 Å². The summed E-state index contributed by atoms with van der Waals surface area (Å²) in [5.74, 6) is -2.29. The van der Waals surface area contributed by atoms with E-state index in [2.05, 4.69) is 0 Å². The lowest BCUT2D eigenvalue weighted by Gasteiger charge is -2.23. The van der Waals surface area contributed by atoms with Gasteiger partial charge in [0.25, 0.3) is 0 Å². The quantitative estimate of drug-likeness (QED) is 0.862. The molecule has 0 saturated heterocycles. The Balaban J connectivity index is 2.47. The number of benzene rings is 2. The van der Waals surface area contributed by atoms with E-state index < -0.39 is 11.6 Å². The molecular formula is C16H15ClF2N2O2. The average Bonchev–Trinajstić information content (AvgIpc) is 2.51. The van der Waals surface area contributed by atoms with Crippen LogP contribution in [0.3, 0.4) is 0 Å². The van der Waals surface area contributed by atoms with Crippen molar-refractivity contribution in [2.45, 2.75) is 13.5 Å². The van der Waals surface area contributed by atoms with E-state index in [0.717, 1.165) is 6.07 Å². The van der Waals surface area contributed by atoms with Crippen molar-refractivity contribution in [2.24, 2.45) is 0 Å². The average molecular weight is 341 g/mol. The number of ether oxygens (including phenoxy) is 1. The largest absolute Gasteiger partial charge is 0.496 e. The highest BCUT2D eigenvalue weighted by Gasteiger charge is 2.20. The number of nitrogens with two attached hydrogens (primary N) is 1. The van der Waals surface area contributed by atoms with Crippen LogP contribution in [0.5, 0.6) is 5.75 Å². The Hall–Kier alpha value is -2.34. The lowest BCUT2D eigenvalue weighted by molar-refractivity contribution is -0.116. The number of halogens is 3. The molecular weight excluding hydrogens is 326 g/mol. The first-order chi connectivity index (χ1) is 10.8. The lowest BCUT2D eigenvalue weighted by Crippen LogP contribution is -2.28. The Morgan fingerprint density at radius 1 is 1.30 bits per heavy atom. The van der Waals surface area contributed by atoms with Gasteiger partial charge >= 0.3 is 0 Å². The van der Waals surface area contributed by atoms with Crippen molar-refractivity contribution in [2.75, 3.05) is 17.7 Å². The van der Waals surface area contributed by atoms with Gasteiger partial charge in [0.1, 0.15) is 5.75 Å². The number of nitrogens with zero attached hydrogens (tertiary/aromatic N) is 1. The Labute approximate surface area is 137 Å². The normalized spacial score (nSPS) is 10.5. The molecule has 2 rings (SSSR count). The number of hydrogen-bond donors (Lipinski definition) is 1. The van der Waals surface area contributed by atoms with E-state index in [1.807, 2.05) is 0 Å². The zero-order chi connectivity index (χ0) is 17.1. The molecule has 0 bridgehead atoms. The summed E-state index contributed by atoms with van der Waals surface area (Å²) in [6.07, 6.45) is 0. The van der Waals surface area contributed by atoms with Gasteiger partial charge in [-0.05, 0) is 30.3 Å². The van der Waals surface area contributed by atoms with Crippen LogP contribution in [0, 0.1) is 11.6 Å². The predicted octanol–water partition coefficient (Wildman–Crippen LogP) is 3.76. The van der Waals surface area contributed by atoms with E-state index in [-0.39, 0.29) is 29.5 Å². The molecule has 122 valence electrons. The third-order valence-corrected chi connectivity index (χ3v) is 3.70. The molecule has 2 aromatic carbocycles. The van der Waals surface area contributed by atoms with Gasteiger partial charge in [-0.1, -0.05) is 11.6 Å². The summed E-state index contributed by atoms with van der Waals surface area (Å²) >= 11 is 5.86. The van der Waals surface area contributed by atoms with Gasteiger partial charge in [-0.2, -0.15) is 0 Å². The maximum Gasteiger partial charge on any atom is 0.224 e. The molecule has 2 N–H and O–H groups in total. The molecule has 0 aliphatic heterocycles. The minimum absolute atomic E-state index is 0.0591. The summed E-state index contributed by atoms with van der Waals surface area (Å²) < 4.78 is 32.6. The molecule has 0 radical (unpaired) electrons. The van der Waals surface area contributed by atoms with Crippen LogP contribution in [0.2, 0.25) is 5.02 Å². The molecule has 0 heterocycles. The van der Waals surface area contributed by atoms with Crippen LogP contribution in [-0.2, 0) is 11.3 Å². The Bertz CT molecular complexity index is 753. The lowest BCUT2D eigenvalue weighted by atomic mass is 10.1. The van der Waals surface area contributed by atoms with Gasteiger partial charge in [0.15, 0.2) is 11.6 Å². The second-order valence-corrected chi connectivity index (χ2v) is 5.26. The predicted molar refractivity (Wildman–Crippen MR) is 85.6 cm³/mol. The first-order valence-electron chi connectivity index (χ1n) is 6.69. The maximum atomic E-state index is 14.1. The molecule has 4 nitrogen and oxygen atoms in total. The molecule has 2 aromatic rings. The number of carbonyl (C=O) groups is 1. The number of nitrogen functional groups attached to an aromatic ring is 1. The molecule has 0 aliphatic carbocycles. The zero-order valence-corrected chi connectivity index (χ0v) is 13.3. The second-order valence-electron chi connectivity index (χ2n) is 4.85. The minimum atomic E-state index is -1.06. The third-order valence-electron chi connectivity index (χ3n) is 3.36. The highest BCUT2D eigenvalue weighted by atomic mass is 35.5. The SMILES string of the molecule is COc1ccc(F)c(F)c1CN(C(C)=O)c1ccc(Cl)c(N)c1. The fourth-order valence-electron chi connectivity index (χ4n) is 2.16. The fraction of sp³-hybridized carbons (Fsp3) is 0.188. The van der Waals surface area contributed by atoms with Gasteiger partial charge in [0.05, 0.1) is 29.9 Å². The first kappa shape index (κ1) is 17.0. The molecule has 0 atom stereocenters. The number of amides is 1. The zero-order valence-electron chi connectivity index (χ0n) is 12.6. The maximum absolute atomic E-state index is 14.1. The molecule has 0 unspecified atom stereocenters. The number of anilines is 2. The van der Waals surface area contributed by atoms with Gasteiger partial charge < -0.3 is 15.4 Å². The first-order valence-corrected chi connectivity index (χ1v) is 7.07. The van der Waals surface area contributed by atoms with E-state index in [9.17, 15) is 13.6 Å². The van der Waals surface area contributed by atoms with Gasteiger partial charge in [0, 0.05) is 12.6 Å². The smallest absolute Gasteiger partial charge is 0.224 e. The van der Waals surface area contributed by atoms with E-state index >= 15 is 0 Å². The molecule has 23 heavy (non-hydrogen) atoms. The molecule has 0 fully saturated rings. The highest BCUT2D eigenvalue weighted by molar-refractivity contribution is 6.33. The topological polar surface area (TPSA) is 55.6 Å². The summed E-state index contributed by atoms with van der Waals surface area (Å²) in [6, 6.07) is 6.87. The van der Waals surface area contributed by atoms with Gasteiger partial charge in [-0.25, -0.2) is 8.78 Å². The van der Waals surface area contributed by atoms with Crippen LogP contribution < -0.4 is 15.4 Å². The van der Waals surface area contributed by atoms with Crippen molar-refractivity contribution in [3.63, 3.8) is 0 Å². The van der Waals surface area contributed by atoms with E-state index in [1.54, 1.807) is 6.07 Å². The minimum Gasteiger partial charge on any atom is -0.496 e. The summed E-state index contributed by atoms with van der Waals surface area (Å²) in [6.45, 7) is 1.11. The summed E-state index contributed by atoms with van der Waals surface area (Å²) in [5.41, 5.74) is 6.38. The summed E-state index contributed by atoms with van der Waals surface area (Å²) in [4.78, 5) is 13.2. The van der Waals surface area contributed by atoms with Crippen LogP contribution in [0.4, 0.5) is 20.2 Å². The van der Waals surface area contributed by atoms with Crippen LogP contribution in [0.1, 0.15) is 12.5 Å². The molecule has 0 saturated carbocycles. The number of hydrogen-bond acceptors (Lipinski definition) is 3. The fourth-order valence-corrected chi connectivity index (χ4v) is 2.27. The molecule has 0 aliphatic rings. The van der Waals surface area contributed by atoms with Crippen LogP contribution >= 0.6 is 11.6 Å². The summed E-state index contributed by atoms with van der Waals surface area (Å²) in [5, 5.41) is 0.340. The van der Waals surface area contributed by atoms with Crippen molar-refractivity contribution >= 4 is 28.9 Å². The van der Waals surface area contributed by atoms with Crippen molar-refractivity contribution in [1.82, 2.24) is 0 Å². The van der Waals surface area contributed by atoms with Gasteiger partial charge in [0.2, 0.25) is 5.91 Å². The standard InChI is InChI=1S/C16H15ClF2N2O2/c1-9(22)21(10-3-4-12(17)14(20)7-10)8-11-15(23-2)6-5-13(18)16(11)19/h3-7H,8,20H2,1-2H3. The van der Waals surface area contributed by atoms with Crippen LogP contribution in [0.25, 0.3) is 0 Å². The second kappa shape index (κ2) is 6.83. The third kappa shape index (κ3) is 3.53. The van der Waals surface area contributed by atoms with Crippen molar-refractivity contribution < 1.29 is 18.3 Å². The Morgan fingerprint density at radius 2 is 2.00 bits per heavy atom. The summed E-state index contributed by atoms with van der Waals surface area (Å²) in [7, 11) is 1.34. The van der Waals surface area contributed by atoms with Crippen LogP contribution in [0.15, 0.2) is 30.3 Å². The molecule has 0 aromatic heterocycles. The monoisotopic (exact) mass is 340 g/mol. The molecule has 0 spiro atoms. The highest BCUT2D eigenvalue weighted by Crippen LogP contribution is 2.30. The van der Waals surface area contributed by atoms with E-state index in [4.69, 9.17) is 22.1 Å². The van der Waals surface area contributed by atoms with Gasteiger partial charge in [-0.3, -0.25) is 4.79 Å². The Kier molecular flexibility index (Phi) is 5.05. The number of carbonyl (C=O) groups excluding carboxylic acids is 1.